The standard InChI is InChI=1S/C9H17BrO/c1-8-4-2-3-5-9(8)11-7-6-10/h8-9H,2-7H2,1H3. The Balaban J connectivity index is 2.18. The van der Waals surface area contributed by atoms with Gasteiger partial charge in [-0.3, -0.25) is 0 Å². The zero-order valence-corrected chi connectivity index (χ0v) is 8.77. The minimum absolute atomic E-state index is 0.543. The number of hydrogen-bond donors (Lipinski definition) is 0. The van der Waals surface area contributed by atoms with E-state index in [9.17, 15) is 0 Å². The Kier molecular flexibility index (Phi) is 4.46. The van der Waals surface area contributed by atoms with Crippen LogP contribution in [0.1, 0.15) is 32.6 Å². The van der Waals surface area contributed by atoms with E-state index in [-0.39, 0.29) is 0 Å². The van der Waals surface area contributed by atoms with Crippen molar-refractivity contribution in [3.05, 3.63) is 0 Å². The second-order valence-corrected chi connectivity index (χ2v) is 4.15. The van der Waals surface area contributed by atoms with Crippen molar-refractivity contribution in [2.75, 3.05) is 11.9 Å². The lowest BCUT2D eigenvalue weighted by Crippen LogP contribution is -2.26. The zero-order valence-electron chi connectivity index (χ0n) is 7.18. The smallest absolute Gasteiger partial charge is 0.0601 e. The summed E-state index contributed by atoms with van der Waals surface area (Å²) in [6.45, 7) is 3.17. The number of ether oxygens (including phenoxy) is 1. The van der Waals surface area contributed by atoms with Gasteiger partial charge in [-0.05, 0) is 18.8 Å². The first-order chi connectivity index (χ1) is 5.34. The Morgan fingerprint density at radius 1 is 1.36 bits per heavy atom. The molecular weight excluding hydrogens is 204 g/mol. The molecule has 1 saturated carbocycles. The molecule has 1 fully saturated rings. The highest BCUT2D eigenvalue weighted by atomic mass is 79.9. The van der Waals surface area contributed by atoms with Crippen LogP contribution in [0.15, 0.2) is 0 Å². The van der Waals surface area contributed by atoms with Gasteiger partial charge in [0.25, 0.3) is 0 Å². The Labute approximate surface area is 77.6 Å². The van der Waals surface area contributed by atoms with Crippen LogP contribution in [0.3, 0.4) is 0 Å². The third kappa shape index (κ3) is 3.12. The summed E-state index contributed by atoms with van der Waals surface area (Å²) in [6.07, 6.45) is 5.93. The first-order valence-corrected chi connectivity index (χ1v) is 5.64. The highest BCUT2D eigenvalue weighted by Gasteiger charge is 2.20. The van der Waals surface area contributed by atoms with Gasteiger partial charge in [0, 0.05) is 5.33 Å². The van der Waals surface area contributed by atoms with Gasteiger partial charge in [0.15, 0.2) is 0 Å². The number of alkyl halides is 1. The number of halogens is 1. The van der Waals surface area contributed by atoms with Gasteiger partial charge in [0.1, 0.15) is 0 Å². The first kappa shape index (κ1) is 9.53. The molecule has 0 aliphatic heterocycles. The van der Waals surface area contributed by atoms with Crippen molar-refractivity contribution in [3.63, 3.8) is 0 Å². The van der Waals surface area contributed by atoms with Gasteiger partial charge in [-0.25, -0.2) is 0 Å². The Morgan fingerprint density at radius 2 is 2.09 bits per heavy atom. The third-order valence-corrected chi connectivity index (χ3v) is 2.77. The molecule has 1 nitrogen and oxygen atoms in total. The summed E-state index contributed by atoms with van der Waals surface area (Å²) in [5, 5.41) is 0.968. The molecule has 2 atom stereocenters. The van der Waals surface area contributed by atoms with Gasteiger partial charge in [0.2, 0.25) is 0 Å². The van der Waals surface area contributed by atoms with E-state index in [1.54, 1.807) is 0 Å². The fraction of sp³-hybridized carbons (Fsp3) is 1.00. The van der Waals surface area contributed by atoms with Crippen LogP contribution in [0.2, 0.25) is 0 Å². The molecular formula is C9H17BrO. The van der Waals surface area contributed by atoms with Crippen LogP contribution >= 0.6 is 15.9 Å². The van der Waals surface area contributed by atoms with Crippen molar-refractivity contribution in [1.29, 1.82) is 0 Å². The average Bonchev–Trinajstić information content (AvgIpc) is 2.03. The van der Waals surface area contributed by atoms with Crippen LogP contribution in [-0.4, -0.2) is 18.0 Å². The highest BCUT2D eigenvalue weighted by molar-refractivity contribution is 9.09. The van der Waals surface area contributed by atoms with Gasteiger partial charge in [-0.2, -0.15) is 0 Å². The molecule has 0 saturated heterocycles. The summed E-state index contributed by atoms with van der Waals surface area (Å²) in [5.74, 6) is 0.780. The van der Waals surface area contributed by atoms with Crippen LogP contribution in [0.5, 0.6) is 0 Å². The van der Waals surface area contributed by atoms with Crippen LogP contribution in [0.4, 0.5) is 0 Å². The van der Waals surface area contributed by atoms with E-state index in [4.69, 9.17) is 4.74 Å². The van der Waals surface area contributed by atoms with Crippen LogP contribution < -0.4 is 0 Å². The molecule has 2 unspecified atom stereocenters. The topological polar surface area (TPSA) is 9.23 Å². The molecule has 0 heterocycles. The van der Waals surface area contributed by atoms with E-state index in [0.29, 0.717) is 6.10 Å². The molecule has 1 aliphatic carbocycles. The van der Waals surface area contributed by atoms with Crippen LogP contribution in [0.25, 0.3) is 0 Å². The molecule has 0 radical (unpaired) electrons. The summed E-state index contributed by atoms with van der Waals surface area (Å²) < 4.78 is 5.70. The van der Waals surface area contributed by atoms with Crippen molar-refractivity contribution < 1.29 is 4.74 Å². The van der Waals surface area contributed by atoms with Crippen molar-refractivity contribution >= 4 is 15.9 Å². The minimum Gasteiger partial charge on any atom is -0.377 e. The lowest BCUT2D eigenvalue weighted by Gasteiger charge is -2.28. The summed E-state index contributed by atoms with van der Waals surface area (Å²) in [7, 11) is 0. The number of rotatable bonds is 3. The molecule has 66 valence electrons. The van der Waals surface area contributed by atoms with E-state index >= 15 is 0 Å². The Bertz CT molecular complexity index is 106. The minimum atomic E-state index is 0.543. The normalized spacial score (nSPS) is 32.2. The van der Waals surface area contributed by atoms with Gasteiger partial charge in [0.05, 0.1) is 12.7 Å². The van der Waals surface area contributed by atoms with Crippen molar-refractivity contribution in [3.8, 4) is 0 Å². The van der Waals surface area contributed by atoms with Crippen LogP contribution in [0, 0.1) is 5.92 Å². The van der Waals surface area contributed by atoms with Gasteiger partial charge < -0.3 is 4.74 Å². The SMILES string of the molecule is CC1CCCCC1OCCBr. The maximum Gasteiger partial charge on any atom is 0.0601 e. The van der Waals surface area contributed by atoms with Gasteiger partial charge in [-0.1, -0.05) is 35.7 Å². The van der Waals surface area contributed by atoms with E-state index in [0.717, 1.165) is 17.9 Å². The lowest BCUT2D eigenvalue weighted by molar-refractivity contribution is 0.00380. The molecule has 0 aromatic heterocycles. The Morgan fingerprint density at radius 3 is 2.73 bits per heavy atom. The molecule has 2 heteroatoms. The Hall–Kier alpha value is 0.440. The van der Waals surface area contributed by atoms with E-state index in [1.165, 1.54) is 25.7 Å². The molecule has 0 aromatic carbocycles. The maximum absolute atomic E-state index is 5.70. The van der Waals surface area contributed by atoms with Crippen molar-refractivity contribution in [2.24, 2.45) is 5.92 Å². The molecule has 0 amide bonds. The summed E-state index contributed by atoms with van der Waals surface area (Å²) >= 11 is 3.37. The molecule has 1 rings (SSSR count). The van der Waals surface area contributed by atoms with Crippen molar-refractivity contribution in [1.82, 2.24) is 0 Å². The second kappa shape index (κ2) is 5.15. The molecule has 0 aromatic rings. The predicted molar refractivity (Wildman–Crippen MR) is 51.2 cm³/mol. The largest absolute Gasteiger partial charge is 0.377 e. The van der Waals surface area contributed by atoms with E-state index < -0.39 is 0 Å². The third-order valence-electron chi connectivity index (χ3n) is 2.44. The fourth-order valence-corrected chi connectivity index (χ4v) is 1.91. The summed E-state index contributed by atoms with van der Waals surface area (Å²) in [5.41, 5.74) is 0. The maximum atomic E-state index is 5.70. The fourth-order valence-electron chi connectivity index (χ4n) is 1.73. The molecule has 0 bridgehead atoms. The predicted octanol–water partition coefficient (Wildman–Crippen LogP) is 2.98. The summed E-state index contributed by atoms with van der Waals surface area (Å²) in [4.78, 5) is 0. The monoisotopic (exact) mass is 220 g/mol. The van der Waals surface area contributed by atoms with Gasteiger partial charge >= 0.3 is 0 Å². The lowest BCUT2D eigenvalue weighted by atomic mass is 9.88. The molecule has 1 aliphatic rings. The second-order valence-electron chi connectivity index (χ2n) is 3.36. The molecule has 0 spiro atoms. The van der Waals surface area contributed by atoms with E-state index in [2.05, 4.69) is 22.9 Å². The molecule has 11 heavy (non-hydrogen) atoms. The highest BCUT2D eigenvalue weighted by Crippen LogP contribution is 2.26. The van der Waals surface area contributed by atoms with Crippen LogP contribution in [-0.2, 0) is 4.74 Å². The quantitative estimate of drug-likeness (QED) is 0.665. The zero-order chi connectivity index (χ0) is 8.10. The van der Waals surface area contributed by atoms with E-state index in [1.807, 2.05) is 0 Å². The first-order valence-electron chi connectivity index (χ1n) is 4.52. The molecule has 0 N–H and O–H groups in total. The number of hydrogen-bond acceptors (Lipinski definition) is 1. The van der Waals surface area contributed by atoms with Gasteiger partial charge in [-0.15, -0.1) is 0 Å². The van der Waals surface area contributed by atoms with Crippen molar-refractivity contribution in [2.45, 2.75) is 38.7 Å². The summed E-state index contributed by atoms with van der Waals surface area (Å²) in [6, 6.07) is 0. The average molecular weight is 221 g/mol.